The number of guanidine groups is 1. The van der Waals surface area contributed by atoms with Gasteiger partial charge in [0.2, 0.25) is 5.91 Å². The molecule has 0 unspecified atom stereocenters. The fourth-order valence-electron chi connectivity index (χ4n) is 2.46. The summed E-state index contributed by atoms with van der Waals surface area (Å²) in [5, 5.41) is 5.84. The van der Waals surface area contributed by atoms with Crippen LogP contribution in [0.1, 0.15) is 17.5 Å². The van der Waals surface area contributed by atoms with Crippen LogP contribution in [-0.4, -0.2) is 32.6 Å². The molecule has 2 aromatic carbocycles. The minimum absolute atomic E-state index is 0.0959. The Kier molecular flexibility index (Phi) is 8.13. The molecule has 0 spiro atoms. The van der Waals surface area contributed by atoms with Gasteiger partial charge in [-0.15, -0.1) is 0 Å². The van der Waals surface area contributed by atoms with E-state index in [1.807, 2.05) is 43.3 Å². The van der Waals surface area contributed by atoms with E-state index in [2.05, 4.69) is 31.6 Å². The second-order valence-electron chi connectivity index (χ2n) is 6.08. The number of ether oxygens (including phenoxy) is 2. The van der Waals surface area contributed by atoms with E-state index in [9.17, 15) is 4.79 Å². The molecule has 0 aromatic heterocycles. The summed E-state index contributed by atoms with van der Waals surface area (Å²) in [6.45, 7) is 2.72. The number of aliphatic imine (C=N–C) groups is 1. The van der Waals surface area contributed by atoms with Gasteiger partial charge in [0.05, 0.1) is 20.8 Å². The van der Waals surface area contributed by atoms with E-state index in [-0.39, 0.29) is 18.3 Å². The number of methoxy groups -OCH3 is 2. The summed E-state index contributed by atoms with van der Waals surface area (Å²) >= 11 is 3.40. The van der Waals surface area contributed by atoms with Gasteiger partial charge in [-0.1, -0.05) is 28.1 Å². The van der Waals surface area contributed by atoms with Gasteiger partial charge in [0, 0.05) is 23.1 Å². The maximum absolute atomic E-state index is 12.1. The molecule has 4 N–H and O–H groups in total. The van der Waals surface area contributed by atoms with Crippen molar-refractivity contribution in [1.82, 2.24) is 5.32 Å². The Morgan fingerprint density at radius 3 is 2.61 bits per heavy atom. The van der Waals surface area contributed by atoms with Gasteiger partial charge < -0.3 is 25.8 Å². The molecule has 2 aromatic rings. The number of carbonyl (C=O) groups is 1. The molecule has 150 valence electrons. The van der Waals surface area contributed by atoms with Crippen molar-refractivity contribution in [3.05, 3.63) is 52.0 Å². The third-order valence-electron chi connectivity index (χ3n) is 4.01. The number of halogens is 1. The number of nitrogens with two attached hydrogens (primary N) is 1. The van der Waals surface area contributed by atoms with Crippen LogP contribution in [0.15, 0.2) is 45.9 Å². The van der Waals surface area contributed by atoms with E-state index >= 15 is 0 Å². The number of carbonyl (C=O) groups excluding carboxylic acids is 1. The van der Waals surface area contributed by atoms with E-state index in [0.29, 0.717) is 24.6 Å². The van der Waals surface area contributed by atoms with Gasteiger partial charge in [-0.25, -0.2) is 4.99 Å². The summed E-state index contributed by atoms with van der Waals surface area (Å²) in [6.07, 6.45) is 0.276. The fourth-order valence-corrected chi connectivity index (χ4v) is 2.82. The van der Waals surface area contributed by atoms with Crippen LogP contribution in [0.25, 0.3) is 0 Å². The van der Waals surface area contributed by atoms with E-state index in [0.717, 1.165) is 21.3 Å². The first-order chi connectivity index (χ1) is 13.4. The lowest BCUT2D eigenvalue weighted by Crippen LogP contribution is -2.34. The zero-order chi connectivity index (χ0) is 20.5. The normalized spacial score (nSPS) is 11.1. The lowest BCUT2D eigenvalue weighted by molar-refractivity contribution is -0.116. The zero-order valence-electron chi connectivity index (χ0n) is 16.2. The number of hydrogen-bond donors (Lipinski definition) is 3. The quantitative estimate of drug-likeness (QED) is 0.425. The third-order valence-corrected chi connectivity index (χ3v) is 4.51. The molecule has 8 heteroatoms. The SMILES string of the molecule is COc1ccc(CN=C(N)NCCC(=O)Nc2cc(Br)ccc2C)cc1OC. The number of aryl methyl sites for hydroxylation is 1. The summed E-state index contributed by atoms with van der Waals surface area (Å²) in [5.74, 6) is 1.48. The van der Waals surface area contributed by atoms with Gasteiger partial charge >= 0.3 is 0 Å². The average molecular weight is 449 g/mol. The van der Waals surface area contributed by atoms with Crippen molar-refractivity contribution in [2.24, 2.45) is 10.7 Å². The van der Waals surface area contributed by atoms with Crippen LogP contribution in [0.5, 0.6) is 11.5 Å². The second-order valence-corrected chi connectivity index (χ2v) is 6.99. The number of anilines is 1. The lowest BCUT2D eigenvalue weighted by Gasteiger charge is -2.10. The molecule has 0 aliphatic carbocycles. The monoisotopic (exact) mass is 448 g/mol. The Labute approximate surface area is 173 Å². The van der Waals surface area contributed by atoms with E-state index in [1.165, 1.54) is 0 Å². The molecule has 1 amide bonds. The molecule has 7 nitrogen and oxygen atoms in total. The third kappa shape index (κ3) is 6.45. The number of nitrogens with zero attached hydrogens (tertiary/aromatic N) is 1. The largest absolute Gasteiger partial charge is 0.493 e. The fraction of sp³-hybridized carbons (Fsp3) is 0.300. The van der Waals surface area contributed by atoms with Crippen molar-refractivity contribution in [2.45, 2.75) is 19.9 Å². The molecule has 0 aliphatic heterocycles. The molecule has 0 heterocycles. The highest BCUT2D eigenvalue weighted by Gasteiger charge is 2.06. The molecule has 0 fully saturated rings. The molecular formula is C20H25BrN4O3. The van der Waals surface area contributed by atoms with Gasteiger partial charge in [0.1, 0.15) is 0 Å². The molecule has 0 aliphatic rings. The Morgan fingerprint density at radius 1 is 1.14 bits per heavy atom. The van der Waals surface area contributed by atoms with Crippen molar-refractivity contribution in [2.75, 3.05) is 26.1 Å². The molecule has 0 saturated heterocycles. The molecule has 2 rings (SSSR count). The first kappa shape index (κ1) is 21.6. The minimum Gasteiger partial charge on any atom is -0.493 e. The topological polar surface area (TPSA) is 98.0 Å². The predicted molar refractivity (Wildman–Crippen MR) is 115 cm³/mol. The Balaban J connectivity index is 1.81. The first-order valence-electron chi connectivity index (χ1n) is 8.73. The van der Waals surface area contributed by atoms with Crippen LogP contribution < -0.4 is 25.8 Å². The van der Waals surface area contributed by atoms with E-state index < -0.39 is 0 Å². The Hall–Kier alpha value is -2.74. The average Bonchev–Trinajstić information content (AvgIpc) is 2.68. The number of nitrogens with one attached hydrogen (secondary N) is 2. The van der Waals surface area contributed by atoms with Gasteiger partial charge in [0.25, 0.3) is 0 Å². The van der Waals surface area contributed by atoms with E-state index in [1.54, 1.807) is 14.2 Å². The van der Waals surface area contributed by atoms with Crippen LogP contribution in [-0.2, 0) is 11.3 Å². The summed E-state index contributed by atoms with van der Waals surface area (Å²) in [6, 6.07) is 11.3. The summed E-state index contributed by atoms with van der Waals surface area (Å²) in [4.78, 5) is 16.4. The zero-order valence-corrected chi connectivity index (χ0v) is 17.8. The molecular weight excluding hydrogens is 424 g/mol. The predicted octanol–water partition coefficient (Wildman–Crippen LogP) is 3.21. The number of hydrogen-bond acceptors (Lipinski definition) is 4. The van der Waals surface area contributed by atoms with Crippen LogP contribution in [0.3, 0.4) is 0 Å². The highest BCUT2D eigenvalue weighted by molar-refractivity contribution is 9.10. The van der Waals surface area contributed by atoms with Crippen molar-refractivity contribution in [1.29, 1.82) is 0 Å². The van der Waals surface area contributed by atoms with E-state index in [4.69, 9.17) is 15.2 Å². The van der Waals surface area contributed by atoms with Crippen LogP contribution in [0, 0.1) is 6.92 Å². The van der Waals surface area contributed by atoms with Crippen molar-refractivity contribution >= 4 is 33.5 Å². The second kappa shape index (κ2) is 10.6. The summed E-state index contributed by atoms with van der Waals surface area (Å²) in [5.41, 5.74) is 8.60. The number of amides is 1. The molecule has 0 radical (unpaired) electrons. The molecule has 0 bridgehead atoms. The number of benzene rings is 2. The van der Waals surface area contributed by atoms with Crippen LogP contribution in [0.2, 0.25) is 0 Å². The standard InChI is InChI=1S/C20H25BrN4O3/c1-13-4-6-15(21)11-16(13)25-19(26)8-9-23-20(22)24-12-14-5-7-17(27-2)18(10-14)28-3/h4-7,10-11H,8-9,12H2,1-3H3,(H,25,26)(H3,22,23,24). The van der Waals surface area contributed by atoms with Gasteiger partial charge in [-0.2, -0.15) is 0 Å². The van der Waals surface area contributed by atoms with Gasteiger partial charge in [-0.05, 0) is 42.3 Å². The highest BCUT2D eigenvalue weighted by atomic mass is 79.9. The smallest absolute Gasteiger partial charge is 0.226 e. The highest BCUT2D eigenvalue weighted by Crippen LogP contribution is 2.27. The number of rotatable bonds is 8. The lowest BCUT2D eigenvalue weighted by atomic mass is 10.2. The van der Waals surface area contributed by atoms with Crippen molar-refractivity contribution in [3.8, 4) is 11.5 Å². The van der Waals surface area contributed by atoms with Gasteiger partial charge in [0.15, 0.2) is 17.5 Å². The first-order valence-corrected chi connectivity index (χ1v) is 9.53. The Morgan fingerprint density at radius 2 is 1.89 bits per heavy atom. The summed E-state index contributed by atoms with van der Waals surface area (Å²) in [7, 11) is 3.17. The maximum Gasteiger partial charge on any atom is 0.226 e. The molecule has 28 heavy (non-hydrogen) atoms. The Bertz CT molecular complexity index is 855. The summed E-state index contributed by atoms with van der Waals surface area (Å²) < 4.78 is 11.4. The maximum atomic E-state index is 12.1. The minimum atomic E-state index is -0.0959. The van der Waals surface area contributed by atoms with Crippen LogP contribution >= 0.6 is 15.9 Å². The van der Waals surface area contributed by atoms with Gasteiger partial charge in [-0.3, -0.25) is 4.79 Å². The molecule has 0 atom stereocenters. The van der Waals surface area contributed by atoms with Crippen molar-refractivity contribution in [3.63, 3.8) is 0 Å². The van der Waals surface area contributed by atoms with Crippen LogP contribution in [0.4, 0.5) is 5.69 Å². The van der Waals surface area contributed by atoms with Crippen molar-refractivity contribution < 1.29 is 14.3 Å². The molecule has 0 saturated carbocycles.